The number of carbonyl (C=O) groups is 1. The van der Waals surface area contributed by atoms with E-state index in [2.05, 4.69) is 0 Å². The van der Waals surface area contributed by atoms with E-state index in [-0.39, 0.29) is 11.2 Å². The van der Waals surface area contributed by atoms with E-state index in [4.69, 9.17) is 25.9 Å². The van der Waals surface area contributed by atoms with Gasteiger partial charge in [-0.15, -0.1) is 0 Å². The summed E-state index contributed by atoms with van der Waals surface area (Å²) >= 11 is 5.51. The van der Waals surface area contributed by atoms with Gasteiger partial charge >= 0.3 is 5.97 Å². The van der Waals surface area contributed by atoms with Crippen LogP contribution in [0.5, 0.6) is 5.75 Å². The second kappa shape index (κ2) is 5.10. The number of halogens is 1. The number of hydrogen-bond acceptors (Lipinski definition) is 4. The molecule has 2 aromatic carbocycles. The molecule has 5 nitrogen and oxygen atoms in total. The fourth-order valence-electron chi connectivity index (χ4n) is 2.02. The van der Waals surface area contributed by atoms with Crippen LogP contribution in [0.25, 0.3) is 21.9 Å². The second-order valence-electron chi connectivity index (χ2n) is 4.36. The summed E-state index contributed by atoms with van der Waals surface area (Å²) < 4.78 is 10.7. The fraction of sp³-hybridized carbons (Fsp3) is 0.0667. The Bertz CT molecular complexity index is 899. The molecule has 106 valence electrons. The number of carboxylic acid groups (broad SMARTS) is 1. The molecule has 0 saturated heterocycles. The Labute approximate surface area is 123 Å². The van der Waals surface area contributed by atoms with Crippen molar-refractivity contribution in [2.75, 3.05) is 0 Å². The molecule has 3 rings (SSSR count). The highest BCUT2D eigenvalue weighted by Crippen LogP contribution is 2.23. The van der Waals surface area contributed by atoms with Gasteiger partial charge in [0.1, 0.15) is 16.9 Å². The van der Waals surface area contributed by atoms with Crippen molar-refractivity contribution in [3.05, 3.63) is 52.7 Å². The van der Waals surface area contributed by atoms with Crippen LogP contribution in [0, 0.1) is 0 Å². The van der Waals surface area contributed by atoms with Gasteiger partial charge in [-0.1, -0.05) is 23.7 Å². The summed E-state index contributed by atoms with van der Waals surface area (Å²) in [5.41, 5.74) is -0.896. The summed E-state index contributed by atoms with van der Waals surface area (Å²) in [6, 6.07) is 11.3. The topological polar surface area (TPSA) is 76.7 Å². The zero-order valence-corrected chi connectivity index (χ0v) is 11.3. The van der Waals surface area contributed by atoms with Crippen molar-refractivity contribution in [2.24, 2.45) is 0 Å². The minimum atomic E-state index is -1.50. The molecule has 1 atom stereocenters. The van der Waals surface area contributed by atoms with E-state index in [9.17, 15) is 9.59 Å². The number of benzene rings is 2. The lowest BCUT2D eigenvalue weighted by Crippen LogP contribution is -2.20. The number of aliphatic carboxylic acids is 1. The molecule has 0 radical (unpaired) electrons. The first-order valence-electron chi connectivity index (χ1n) is 6.05. The third-order valence-corrected chi connectivity index (χ3v) is 3.26. The molecule has 1 N–H and O–H groups in total. The predicted octanol–water partition coefficient (Wildman–Crippen LogP) is 2.97. The van der Waals surface area contributed by atoms with Crippen LogP contribution in [0.4, 0.5) is 0 Å². The largest absolute Gasteiger partial charge is 0.478 e. The van der Waals surface area contributed by atoms with Crippen molar-refractivity contribution in [3.63, 3.8) is 0 Å². The Morgan fingerprint density at radius 1 is 1.14 bits per heavy atom. The van der Waals surface area contributed by atoms with E-state index >= 15 is 0 Å². The van der Waals surface area contributed by atoms with E-state index in [0.29, 0.717) is 21.9 Å². The molecule has 3 aromatic rings. The molecule has 1 heterocycles. The zero-order chi connectivity index (χ0) is 15.0. The maximum absolute atomic E-state index is 12.3. The van der Waals surface area contributed by atoms with Gasteiger partial charge in [0, 0.05) is 6.07 Å². The number of fused-ring (bicyclic) bond motifs is 2. The summed E-state index contributed by atoms with van der Waals surface area (Å²) in [4.78, 5) is 23.0. The monoisotopic (exact) mass is 304 g/mol. The van der Waals surface area contributed by atoms with Crippen molar-refractivity contribution in [1.29, 1.82) is 0 Å². The van der Waals surface area contributed by atoms with Crippen LogP contribution in [0.3, 0.4) is 0 Å². The van der Waals surface area contributed by atoms with Crippen molar-refractivity contribution < 1.29 is 19.1 Å². The highest BCUT2D eigenvalue weighted by molar-refractivity contribution is 6.28. The maximum Gasteiger partial charge on any atom is 0.360 e. The molecule has 0 aliphatic rings. The minimum absolute atomic E-state index is 0.154. The molecule has 0 fully saturated rings. The van der Waals surface area contributed by atoms with Gasteiger partial charge in [0.15, 0.2) is 0 Å². The molecule has 0 aliphatic heterocycles. The number of carboxylic acids is 1. The Morgan fingerprint density at radius 3 is 2.62 bits per heavy atom. The van der Waals surface area contributed by atoms with Crippen LogP contribution in [0.2, 0.25) is 0 Å². The number of rotatable bonds is 3. The van der Waals surface area contributed by atoms with E-state index in [1.54, 1.807) is 24.3 Å². The molecule has 1 aromatic heterocycles. The third kappa shape index (κ3) is 2.43. The van der Waals surface area contributed by atoms with Gasteiger partial charge in [-0.3, -0.25) is 4.79 Å². The van der Waals surface area contributed by atoms with Crippen molar-refractivity contribution in [2.45, 2.75) is 5.56 Å². The Kier molecular flexibility index (Phi) is 3.27. The summed E-state index contributed by atoms with van der Waals surface area (Å²) in [5, 5.41) is 9.59. The highest BCUT2D eigenvalue weighted by Gasteiger charge is 2.16. The number of para-hydroxylation sites is 1. The van der Waals surface area contributed by atoms with Gasteiger partial charge in [0.25, 0.3) is 5.56 Å². The SMILES string of the molecule is O=C(O)C(Cl)Oc1ccc2c(=O)c3ccccc3oc2c1. The van der Waals surface area contributed by atoms with Gasteiger partial charge in [0.05, 0.1) is 10.8 Å². The maximum atomic E-state index is 12.3. The van der Waals surface area contributed by atoms with Crippen molar-refractivity contribution in [1.82, 2.24) is 0 Å². The zero-order valence-electron chi connectivity index (χ0n) is 10.6. The first kappa shape index (κ1) is 13.5. The Hall–Kier alpha value is -2.53. The molecular formula is C15H9ClO5. The van der Waals surface area contributed by atoms with Crippen LogP contribution in [-0.2, 0) is 4.79 Å². The van der Waals surface area contributed by atoms with E-state index in [1.165, 1.54) is 18.2 Å². The number of ether oxygens (including phenoxy) is 1. The Morgan fingerprint density at radius 2 is 1.86 bits per heavy atom. The van der Waals surface area contributed by atoms with Crippen LogP contribution in [0.15, 0.2) is 51.7 Å². The molecule has 21 heavy (non-hydrogen) atoms. The van der Waals surface area contributed by atoms with Crippen molar-refractivity contribution in [3.8, 4) is 5.75 Å². The van der Waals surface area contributed by atoms with E-state index < -0.39 is 11.5 Å². The lowest BCUT2D eigenvalue weighted by atomic mass is 10.1. The molecule has 0 bridgehead atoms. The predicted molar refractivity (Wildman–Crippen MR) is 77.9 cm³/mol. The first-order chi connectivity index (χ1) is 10.1. The molecule has 0 spiro atoms. The molecule has 0 saturated carbocycles. The van der Waals surface area contributed by atoms with Gasteiger partial charge in [-0.05, 0) is 24.3 Å². The molecule has 1 unspecified atom stereocenters. The van der Waals surface area contributed by atoms with Crippen molar-refractivity contribution >= 4 is 39.5 Å². The van der Waals surface area contributed by atoms with E-state index in [1.807, 2.05) is 0 Å². The van der Waals surface area contributed by atoms with Crippen LogP contribution < -0.4 is 10.2 Å². The van der Waals surface area contributed by atoms with Crippen LogP contribution in [-0.4, -0.2) is 16.6 Å². The highest BCUT2D eigenvalue weighted by atomic mass is 35.5. The molecule has 6 heteroatoms. The van der Waals surface area contributed by atoms with Crippen LogP contribution in [0.1, 0.15) is 0 Å². The number of hydrogen-bond donors (Lipinski definition) is 1. The minimum Gasteiger partial charge on any atom is -0.478 e. The fourth-order valence-corrected chi connectivity index (χ4v) is 2.13. The summed E-state index contributed by atoms with van der Waals surface area (Å²) in [6.07, 6.45) is 0. The third-order valence-electron chi connectivity index (χ3n) is 2.98. The Balaban J connectivity index is 2.16. The summed E-state index contributed by atoms with van der Waals surface area (Å²) in [6.45, 7) is 0. The lowest BCUT2D eigenvalue weighted by molar-refractivity contribution is -0.141. The smallest absolute Gasteiger partial charge is 0.360 e. The lowest BCUT2D eigenvalue weighted by Gasteiger charge is -2.09. The van der Waals surface area contributed by atoms with Crippen LogP contribution >= 0.6 is 11.6 Å². The normalized spacial score (nSPS) is 12.4. The first-order valence-corrected chi connectivity index (χ1v) is 6.49. The van der Waals surface area contributed by atoms with Gasteiger partial charge < -0.3 is 14.3 Å². The average molecular weight is 305 g/mol. The van der Waals surface area contributed by atoms with E-state index in [0.717, 1.165) is 0 Å². The summed E-state index contributed by atoms with van der Waals surface area (Å²) in [7, 11) is 0. The average Bonchev–Trinajstić information content (AvgIpc) is 2.47. The quantitative estimate of drug-likeness (QED) is 0.594. The van der Waals surface area contributed by atoms with Gasteiger partial charge in [0.2, 0.25) is 5.43 Å². The second-order valence-corrected chi connectivity index (χ2v) is 4.75. The molecule has 0 amide bonds. The molecule has 0 aliphatic carbocycles. The number of alkyl halides is 1. The van der Waals surface area contributed by atoms with Gasteiger partial charge in [-0.25, -0.2) is 4.79 Å². The molecular weight excluding hydrogens is 296 g/mol. The van der Waals surface area contributed by atoms with Gasteiger partial charge in [-0.2, -0.15) is 0 Å². The standard InChI is InChI=1S/C15H9ClO5/c16-14(15(18)19)20-8-5-6-10-12(7-8)21-11-4-2-1-3-9(11)13(10)17/h1-7,14H,(H,18,19). The summed E-state index contributed by atoms with van der Waals surface area (Å²) in [5.74, 6) is -1.08.